The topological polar surface area (TPSA) is 12.4 Å². The van der Waals surface area contributed by atoms with Gasteiger partial charge in [-0.05, 0) is 19.9 Å². The monoisotopic (exact) mass is 215 g/mol. The van der Waals surface area contributed by atoms with Gasteiger partial charge in [0.25, 0.3) is 0 Å². The molecule has 1 aromatic carbocycles. The van der Waals surface area contributed by atoms with E-state index < -0.39 is 0 Å². The number of hydrogen-bond donors (Lipinski definition) is 0. The van der Waals surface area contributed by atoms with Gasteiger partial charge in [0.05, 0.1) is 0 Å². The first-order valence-corrected chi connectivity index (χ1v) is 5.81. The molecule has 2 aromatic rings. The molecule has 0 spiro atoms. The maximum Gasteiger partial charge on any atom is 0.123 e. The number of thiophene rings is 1. The van der Waals surface area contributed by atoms with E-state index in [1.165, 1.54) is 15.6 Å². The van der Waals surface area contributed by atoms with Crippen LogP contribution in [0.4, 0.5) is 5.00 Å². The summed E-state index contributed by atoms with van der Waals surface area (Å²) in [7, 11) is 0. The van der Waals surface area contributed by atoms with Gasteiger partial charge in [-0.3, -0.25) is 0 Å². The van der Waals surface area contributed by atoms with Gasteiger partial charge in [0, 0.05) is 21.9 Å². The molecule has 2 rings (SSSR count). The molecule has 0 radical (unpaired) electrons. The van der Waals surface area contributed by atoms with Crippen LogP contribution >= 0.6 is 11.3 Å². The first kappa shape index (κ1) is 10.1. The second-order valence-corrected chi connectivity index (χ2v) is 4.23. The number of nitrogens with zero attached hydrogens (tertiary/aromatic N) is 1. The van der Waals surface area contributed by atoms with E-state index in [0.29, 0.717) is 0 Å². The average Bonchev–Trinajstić information content (AvgIpc) is 2.59. The largest absolute Gasteiger partial charge is 0.250 e. The molecule has 0 N–H and O–H groups in total. The van der Waals surface area contributed by atoms with E-state index in [9.17, 15) is 0 Å². The van der Waals surface area contributed by atoms with Crippen molar-refractivity contribution in [3.05, 3.63) is 35.9 Å². The van der Waals surface area contributed by atoms with Crippen LogP contribution in [0.1, 0.15) is 19.4 Å². The Morgan fingerprint density at radius 1 is 1.20 bits per heavy atom. The fourth-order valence-corrected chi connectivity index (χ4v) is 2.68. The molecule has 0 fully saturated rings. The van der Waals surface area contributed by atoms with Gasteiger partial charge >= 0.3 is 0 Å². The third-order valence-corrected chi connectivity index (χ3v) is 3.29. The fraction of sp³-hybridized carbons (Fsp3) is 0.154. The van der Waals surface area contributed by atoms with Crippen LogP contribution in [0.2, 0.25) is 0 Å². The summed E-state index contributed by atoms with van der Waals surface area (Å²) in [6, 6.07) is 8.43. The highest BCUT2D eigenvalue weighted by molar-refractivity contribution is 7.23. The zero-order valence-corrected chi connectivity index (χ0v) is 9.71. The van der Waals surface area contributed by atoms with E-state index in [0.717, 1.165) is 5.00 Å². The van der Waals surface area contributed by atoms with Crippen LogP contribution in [-0.2, 0) is 0 Å². The lowest BCUT2D eigenvalue weighted by Gasteiger charge is -1.92. The van der Waals surface area contributed by atoms with Crippen molar-refractivity contribution in [1.82, 2.24) is 0 Å². The molecule has 0 unspecified atom stereocenters. The summed E-state index contributed by atoms with van der Waals surface area (Å²) < 4.78 is 1.30. The number of allylic oxidation sites excluding steroid dienone is 1. The van der Waals surface area contributed by atoms with Crippen LogP contribution < -0.4 is 0 Å². The van der Waals surface area contributed by atoms with E-state index >= 15 is 0 Å². The Balaban J connectivity index is 2.74. The van der Waals surface area contributed by atoms with Crippen LogP contribution in [0.5, 0.6) is 0 Å². The van der Waals surface area contributed by atoms with Gasteiger partial charge in [-0.1, -0.05) is 30.4 Å². The SMILES string of the molecule is CC=Nc1sc2ccccc2c1/C=C\C. The average molecular weight is 215 g/mol. The van der Waals surface area contributed by atoms with Crippen molar-refractivity contribution in [3.63, 3.8) is 0 Å². The first-order valence-electron chi connectivity index (χ1n) is 4.99. The third-order valence-electron chi connectivity index (χ3n) is 2.19. The lowest BCUT2D eigenvalue weighted by atomic mass is 10.1. The second kappa shape index (κ2) is 4.41. The molecule has 0 aliphatic rings. The highest BCUT2D eigenvalue weighted by atomic mass is 32.1. The smallest absolute Gasteiger partial charge is 0.123 e. The molecule has 0 aliphatic carbocycles. The lowest BCUT2D eigenvalue weighted by molar-refractivity contribution is 1.62. The van der Waals surface area contributed by atoms with Crippen molar-refractivity contribution in [3.8, 4) is 0 Å². The van der Waals surface area contributed by atoms with Crippen LogP contribution in [-0.4, -0.2) is 6.21 Å². The Hall–Kier alpha value is -1.41. The first-order chi connectivity index (χ1) is 7.36. The lowest BCUT2D eigenvalue weighted by Crippen LogP contribution is -1.68. The molecule has 0 atom stereocenters. The molecule has 15 heavy (non-hydrogen) atoms. The van der Waals surface area contributed by atoms with Crippen LogP contribution in [0.3, 0.4) is 0 Å². The number of benzene rings is 1. The maximum absolute atomic E-state index is 4.40. The molecule has 2 heteroatoms. The van der Waals surface area contributed by atoms with Crippen molar-refractivity contribution in [2.24, 2.45) is 4.99 Å². The molecule has 0 saturated carbocycles. The predicted molar refractivity (Wildman–Crippen MR) is 70.4 cm³/mol. The van der Waals surface area contributed by atoms with Gasteiger partial charge in [-0.2, -0.15) is 0 Å². The molecule has 0 aliphatic heterocycles. The summed E-state index contributed by atoms with van der Waals surface area (Å²) in [5.74, 6) is 0. The van der Waals surface area contributed by atoms with E-state index in [-0.39, 0.29) is 0 Å². The Bertz CT molecular complexity index is 520. The quantitative estimate of drug-likeness (QED) is 0.646. The normalized spacial score (nSPS) is 12.1. The van der Waals surface area contributed by atoms with Crippen LogP contribution in [0.25, 0.3) is 16.2 Å². The minimum Gasteiger partial charge on any atom is -0.250 e. The highest BCUT2D eigenvalue weighted by Crippen LogP contribution is 2.38. The van der Waals surface area contributed by atoms with Crippen molar-refractivity contribution in [2.75, 3.05) is 0 Å². The van der Waals surface area contributed by atoms with E-state index in [2.05, 4.69) is 41.4 Å². The highest BCUT2D eigenvalue weighted by Gasteiger charge is 2.07. The summed E-state index contributed by atoms with van der Waals surface area (Å²) in [4.78, 5) is 4.40. The van der Waals surface area contributed by atoms with E-state index in [4.69, 9.17) is 0 Å². The number of hydrogen-bond acceptors (Lipinski definition) is 2. The Labute approximate surface area is 93.8 Å². The van der Waals surface area contributed by atoms with Crippen molar-refractivity contribution in [2.45, 2.75) is 13.8 Å². The van der Waals surface area contributed by atoms with Gasteiger partial charge in [-0.15, -0.1) is 11.3 Å². The van der Waals surface area contributed by atoms with Gasteiger partial charge in [0.1, 0.15) is 5.00 Å². The molecule has 0 saturated heterocycles. The van der Waals surface area contributed by atoms with Crippen molar-refractivity contribution >= 4 is 38.7 Å². The zero-order chi connectivity index (χ0) is 10.7. The van der Waals surface area contributed by atoms with Crippen molar-refractivity contribution < 1.29 is 0 Å². The molecule has 1 nitrogen and oxygen atoms in total. The molecule has 1 heterocycles. The summed E-state index contributed by atoms with van der Waals surface area (Å²) in [6.45, 7) is 3.98. The predicted octanol–water partition coefficient (Wildman–Crippen LogP) is 4.66. The number of aliphatic imine (C=N–C) groups is 1. The summed E-state index contributed by atoms with van der Waals surface area (Å²) in [6.07, 6.45) is 6.03. The van der Waals surface area contributed by atoms with Gasteiger partial charge in [-0.25, -0.2) is 4.99 Å². The van der Waals surface area contributed by atoms with Crippen LogP contribution in [0, 0.1) is 0 Å². The Morgan fingerprint density at radius 3 is 2.73 bits per heavy atom. The van der Waals surface area contributed by atoms with E-state index in [1.54, 1.807) is 11.3 Å². The maximum atomic E-state index is 4.40. The van der Waals surface area contributed by atoms with Gasteiger partial charge < -0.3 is 0 Å². The summed E-state index contributed by atoms with van der Waals surface area (Å²) >= 11 is 1.74. The van der Waals surface area contributed by atoms with Crippen molar-refractivity contribution in [1.29, 1.82) is 0 Å². The van der Waals surface area contributed by atoms with Gasteiger partial charge in [0.2, 0.25) is 0 Å². The summed E-state index contributed by atoms with van der Waals surface area (Å²) in [5, 5.41) is 2.39. The fourth-order valence-electron chi connectivity index (χ4n) is 1.59. The third kappa shape index (κ3) is 1.85. The van der Waals surface area contributed by atoms with Crippen LogP contribution in [0.15, 0.2) is 35.3 Å². The number of rotatable bonds is 2. The number of fused-ring (bicyclic) bond motifs is 1. The molecular formula is C13H13NS. The minimum absolute atomic E-state index is 1.09. The molecule has 0 bridgehead atoms. The molecule has 1 aromatic heterocycles. The Morgan fingerprint density at radius 2 is 2.00 bits per heavy atom. The Kier molecular flexibility index (Phi) is 2.97. The standard InChI is InChI=1S/C13H13NS/c1-3-7-11-10-8-5-6-9-12(10)15-13(11)14-4-2/h3-9H,1-2H3/b7-3-,14-4?. The minimum atomic E-state index is 1.09. The summed E-state index contributed by atoms with van der Waals surface area (Å²) in [5.41, 5.74) is 1.23. The van der Waals surface area contributed by atoms with Gasteiger partial charge in [0.15, 0.2) is 0 Å². The second-order valence-electron chi connectivity index (χ2n) is 3.20. The molecule has 76 valence electrons. The van der Waals surface area contributed by atoms with E-state index in [1.807, 2.05) is 20.1 Å². The zero-order valence-electron chi connectivity index (χ0n) is 8.90. The molecular weight excluding hydrogens is 202 g/mol. The molecule has 0 amide bonds.